The number of fused-ring (bicyclic) bond motifs is 1. The van der Waals surface area contributed by atoms with Crippen LogP contribution in [0.5, 0.6) is 0 Å². The van der Waals surface area contributed by atoms with Crippen LogP contribution in [0, 0.1) is 5.41 Å². The van der Waals surface area contributed by atoms with E-state index in [0.29, 0.717) is 6.04 Å². The second kappa shape index (κ2) is 5.14. The van der Waals surface area contributed by atoms with Gasteiger partial charge in [0.2, 0.25) is 0 Å². The van der Waals surface area contributed by atoms with Crippen molar-refractivity contribution >= 4 is 5.69 Å². The van der Waals surface area contributed by atoms with E-state index in [1.807, 2.05) is 7.05 Å². The Labute approximate surface area is 115 Å². The minimum atomic E-state index is 0.278. The summed E-state index contributed by atoms with van der Waals surface area (Å²) in [6, 6.07) is 9.44. The Morgan fingerprint density at radius 1 is 1.42 bits per heavy atom. The molecule has 2 heterocycles. The van der Waals surface area contributed by atoms with Gasteiger partial charge < -0.3 is 15.0 Å². The number of ether oxygens (including phenoxy) is 1. The van der Waals surface area contributed by atoms with Crippen LogP contribution in [0.25, 0.3) is 0 Å². The number of para-hydroxylation sites is 1. The van der Waals surface area contributed by atoms with E-state index >= 15 is 0 Å². The maximum atomic E-state index is 5.68. The number of anilines is 1. The van der Waals surface area contributed by atoms with E-state index in [9.17, 15) is 0 Å². The Morgan fingerprint density at radius 3 is 3.00 bits per heavy atom. The van der Waals surface area contributed by atoms with Gasteiger partial charge in [-0.2, -0.15) is 0 Å². The van der Waals surface area contributed by atoms with Crippen molar-refractivity contribution in [2.24, 2.45) is 5.41 Å². The highest BCUT2D eigenvalue weighted by Crippen LogP contribution is 2.37. The Morgan fingerprint density at radius 2 is 2.26 bits per heavy atom. The average molecular weight is 260 g/mol. The lowest BCUT2D eigenvalue weighted by molar-refractivity contribution is 0.152. The number of rotatable bonds is 4. The van der Waals surface area contributed by atoms with E-state index in [4.69, 9.17) is 4.74 Å². The monoisotopic (exact) mass is 260 g/mol. The third-order valence-electron chi connectivity index (χ3n) is 4.59. The molecule has 0 amide bonds. The van der Waals surface area contributed by atoms with Gasteiger partial charge in [0.1, 0.15) is 0 Å². The quantitative estimate of drug-likeness (QED) is 0.897. The van der Waals surface area contributed by atoms with Crippen molar-refractivity contribution in [3.05, 3.63) is 29.8 Å². The van der Waals surface area contributed by atoms with Crippen LogP contribution in [0.1, 0.15) is 18.9 Å². The molecule has 3 nitrogen and oxygen atoms in total. The molecule has 2 aliphatic heterocycles. The Hall–Kier alpha value is -1.06. The summed E-state index contributed by atoms with van der Waals surface area (Å²) in [5, 5.41) is 3.36. The first-order chi connectivity index (χ1) is 9.24. The third-order valence-corrected chi connectivity index (χ3v) is 4.59. The van der Waals surface area contributed by atoms with Crippen LogP contribution in [-0.2, 0) is 11.2 Å². The van der Waals surface area contributed by atoms with Crippen LogP contribution in [-0.4, -0.2) is 39.4 Å². The topological polar surface area (TPSA) is 24.5 Å². The summed E-state index contributed by atoms with van der Waals surface area (Å²) in [5.41, 5.74) is 3.20. The van der Waals surface area contributed by atoms with Gasteiger partial charge in [0, 0.05) is 36.8 Å². The van der Waals surface area contributed by atoms with Crippen LogP contribution in [0.3, 0.4) is 0 Å². The molecule has 0 spiro atoms. The normalized spacial score (nSPS) is 29.8. The summed E-state index contributed by atoms with van der Waals surface area (Å²) in [4.78, 5) is 2.58. The van der Waals surface area contributed by atoms with E-state index < -0.39 is 0 Å². The molecule has 104 valence electrons. The summed E-state index contributed by atoms with van der Waals surface area (Å²) >= 11 is 0. The average Bonchev–Trinajstić information content (AvgIpc) is 2.97. The molecular formula is C16H24N2O. The highest BCUT2D eigenvalue weighted by atomic mass is 16.5. The van der Waals surface area contributed by atoms with Crippen LogP contribution >= 0.6 is 0 Å². The van der Waals surface area contributed by atoms with Gasteiger partial charge in [0.05, 0.1) is 6.61 Å². The molecule has 3 rings (SSSR count). The lowest BCUT2D eigenvalue weighted by Gasteiger charge is -2.36. The first-order valence-electron chi connectivity index (χ1n) is 7.31. The van der Waals surface area contributed by atoms with Crippen molar-refractivity contribution in [2.45, 2.75) is 25.8 Å². The van der Waals surface area contributed by atoms with E-state index in [1.165, 1.54) is 24.1 Å². The Balaban J connectivity index is 1.82. The molecule has 2 unspecified atom stereocenters. The summed E-state index contributed by atoms with van der Waals surface area (Å²) in [6.07, 6.45) is 2.34. The van der Waals surface area contributed by atoms with E-state index in [2.05, 4.69) is 41.4 Å². The molecule has 2 aliphatic rings. The number of nitrogens with zero attached hydrogens (tertiary/aromatic N) is 1. The molecule has 3 heteroatoms. The Bertz CT molecular complexity index is 440. The lowest BCUT2D eigenvalue weighted by Crippen LogP contribution is -2.46. The van der Waals surface area contributed by atoms with Gasteiger partial charge in [-0.15, -0.1) is 0 Å². The van der Waals surface area contributed by atoms with Crippen LogP contribution in [0.2, 0.25) is 0 Å². The van der Waals surface area contributed by atoms with Crippen LogP contribution in [0.15, 0.2) is 24.3 Å². The van der Waals surface area contributed by atoms with Crippen molar-refractivity contribution in [3.63, 3.8) is 0 Å². The fraction of sp³-hybridized carbons (Fsp3) is 0.625. The predicted octanol–water partition coefficient (Wildman–Crippen LogP) is 2.06. The van der Waals surface area contributed by atoms with Crippen molar-refractivity contribution in [2.75, 3.05) is 38.3 Å². The molecule has 0 bridgehead atoms. The van der Waals surface area contributed by atoms with Crippen molar-refractivity contribution in [3.8, 4) is 0 Å². The summed E-state index contributed by atoms with van der Waals surface area (Å²) < 4.78 is 5.68. The molecule has 2 atom stereocenters. The molecule has 1 aromatic carbocycles. The van der Waals surface area contributed by atoms with Crippen LogP contribution in [0.4, 0.5) is 5.69 Å². The van der Waals surface area contributed by atoms with Gasteiger partial charge in [-0.1, -0.05) is 18.2 Å². The highest BCUT2D eigenvalue weighted by molar-refractivity contribution is 5.59. The fourth-order valence-corrected chi connectivity index (χ4v) is 3.58. The minimum Gasteiger partial charge on any atom is -0.381 e. The minimum absolute atomic E-state index is 0.278. The highest BCUT2D eigenvalue weighted by Gasteiger charge is 2.39. The maximum Gasteiger partial charge on any atom is 0.0552 e. The van der Waals surface area contributed by atoms with Crippen molar-refractivity contribution in [1.29, 1.82) is 0 Å². The smallest absolute Gasteiger partial charge is 0.0552 e. The molecule has 0 aromatic heterocycles. The van der Waals surface area contributed by atoms with Gasteiger partial charge in [0.15, 0.2) is 0 Å². The molecule has 0 radical (unpaired) electrons. The first kappa shape index (κ1) is 12.9. The molecule has 1 aromatic rings. The predicted molar refractivity (Wildman–Crippen MR) is 78.7 cm³/mol. The first-order valence-corrected chi connectivity index (χ1v) is 7.31. The molecule has 1 N–H and O–H groups in total. The second-order valence-electron chi connectivity index (χ2n) is 6.14. The summed E-state index contributed by atoms with van der Waals surface area (Å²) in [5.74, 6) is 0. The standard InChI is InChI=1S/C16H24N2O/c1-13-9-14-5-3-4-6-15(14)18(13)11-16(10-17-2)7-8-19-12-16/h3-6,13,17H,7-12H2,1-2H3. The molecular weight excluding hydrogens is 236 g/mol. The largest absolute Gasteiger partial charge is 0.381 e. The van der Waals surface area contributed by atoms with E-state index in [0.717, 1.165) is 26.3 Å². The lowest BCUT2D eigenvalue weighted by atomic mass is 9.86. The Kier molecular flexibility index (Phi) is 3.50. The molecule has 1 fully saturated rings. The SMILES string of the molecule is CNCC1(CN2c3ccccc3CC2C)CCOC1. The zero-order valence-electron chi connectivity index (χ0n) is 12.0. The molecule has 0 aliphatic carbocycles. The zero-order chi connectivity index (χ0) is 13.3. The van der Waals surface area contributed by atoms with Crippen molar-refractivity contribution in [1.82, 2.24) is 5.32 Å². The zero-order valence-corrected chi connectivity index (χ0v) is 12.0. The van der Waals surface area contributed by atoms with Gasteiger partial charge in [-0.3, -0.25) is 0 Å². The number of hydrogen-bond donors (Lipinski definition) is 1. The fourth-order valence-electron chi connectivity index (χ4n) is 3.58. The van der Waals surface area contributed by atoms with Crippen LogP contribution < -0.4 is 10.2 Å². The third kappa shape index (κ3) is 2.37. The number of nitrogens with one attached hydrogen (secondary N) is 1. The van der Waals surface area contributed by atoms with Gasteiger partial charge in [-0.25, -0.2) is 0 Å². The van der Waals surface area contributed by atoms with Crippen molar-refractivity contribution < 1.29 is 4.74 Å². The van der Waals surface area contributed by atoms with Gasteiger partial charge in [-0.05, 0) is 38.4 Å². The van der Waals surface area contributed by atoms with Gasteiger partial charge >= 0.3 is 0 Å². The molecule has 0 saturated carbocycles. The summed E-state index contributed by atoms with van der Waals surface area (Å²) in [6.45, 7) is 6.28. The maximum absolute atomic E-state index is 5.68. The molecule has 19 heavy (non-hydrogen) atoms. The van der Waals surface area contributed by atoms with E-state index in [-0.39, 0.29) is 5.41 Å². The number of hydrogen-bond acceptors (Lipinski definition) is 3. The second-order valence-corrected chi connectivity index (χ2v) is 6.14. The van der Waals surface area contributed by atoms with E-state index in [1.54, 1.807) is 0 Å². The molecule has 1 saturated heterocycles. The van der Waals surface area contributed by atoms with Gasteiger partial charge in [0.25, 0.3) is 0 Å². The number of benzene rings is 1. The summed E-state index contributed by atoms with van der Waals surface area (Å²) in [7, 11) is 2.04.